The lowest BCUT2D eigenvalue weighted by molar-refractivity contribution is 0.0240. The van der Waals surface area contributed by atoms with Crippen molar-refractivity contribution in [3.63, 3.8) is 0 Å². The Balaban J connectivity index is 1.45. The first-order chi connectivity index (χ1) is 20.2. The third kappa shape index (κ3) is 6.43. The molecule has 1 fully saturated rings. The molecule has 1 aliphatic heterocycles. The average Bonchev–Trinajstić information content (AvgIpc) is 2.93. The van der Waals surface area contributed by atoms with E-state index >= 15 is 0 Å². The van der Waals surface area contributed by atoms with E-state index in [4.69, 9.17) is 4.74 Å². The lowest BCUT2D eigenvalue weighted by atomic mass is 10.0. The van der Waals surface area contributed by atoms with Crippen molar-refractivity contribution in [3.8, 4) is 11.1 Å². The van der Waals surface area contributed by atoms with Crippen molar-refractivity contribution >= 4 is 38.5 Å². The van der Waals surface area contributed by atoms with Gasteiger partial charge >= 0.3 is 6.09 Å². The van der Waals surface area contributed by atoms with Crippen LogP contribution in [-0.4, -0.2) is 65.7 Å². The first-order valence-electron chi connectivity index (χ1n) is 13.4. The number of carbonyl (C=O) groups is 1. The average molecular weight is 613 g/mol. The molecule has 0 bridgehead atoms. The highest BCUT2D eigenvalue weighted by atomic mass is 32.2. The van der Waals surface area contributed by atoms with Crippen molar-refractivity contribution < 1.29 is 26.7 Å². The number of carbonyl (C=O) groups excluding carboxylic acids is 1. The second-order valence-corrected chi connectivity index (χ2v) is 12.8. The number of rotatable bonds is 5. The summed E-state index contributed by atoms with van der Waals surface area (Å²) < 4.78 is 62.2. The van der Waals surface area contributed by atoms with Gasteiger partial charge in [-0.25, -0.2) is 32.0 Å². The third-order valence-corrected chi connectivity index (χ3v) is 8.19. The number of nitrogens with zero attached hydrogens (tertiary/aromatic N) is 5. The molecular formula is C29H30F2N6O5S. The molecule has 4 aromatic rings. The number of ether oxygens (including phenoxy) is 1. The number of halogens is 2. The summed E-state index contributed by atoms with van der Waals surface area (Å²) in [6.07, 6.45) is 2.64. The van der Waals surface area contributed by atoms with Gasteiger partial charge in [-0.15, -0.1) is 0 Å². The molecule has 2 aromatic carbocycles. The smallest absolute Gasteiger partial charge is 0.410 e. The minimum Gasteiger partial charge on any atom is -0.444 e. The van der Waals surface area contributed by atoms with E-state index in [1.165, 1.54) is 24.0 Å². The predicted octanol–water partition coefficient (Wildman–Crippen LogP) is 4.13. The molecule has 0 atom stereocenters. The number of benzene rings is 2. The Bertz CT molecular complexity index is 1880. The fourth-order valence-electron chi connectivity index (χ4n) is 4.74. The third-order valence-electron chi connectivity index (χ3n) is 6.79. The number of sulfonamides is 1. The summed E-state index contributed by atoms with van der Waals surface area (Å²) in [5.74, 6) is -1.55. The van der Waals surface area contributed by atoms with Crippen molar-refractivity contribution in [1.29, 1.82) is 0 Å². The number of amides is 1. The van der Waals surface area contributed by atoms with Crippen LogP contribution in [0.2, 0.25) is 0 Å². The van der Waals surface area contributed by atoms with E-state index in [1.807, 2.05) is 31.7 Å². The molecule has 2 aromatic heterocycles. The predicted molar refractivity (Wildman–Crippen MR) is 157 cm³/mol. The van der Waals surface area contributed by atoms with Crippen LogP contribution in [0.15, 0.2) is 64.7 Å². The SMILES string of the molecule is Cn1cc(-c2ccc3ncnc(N4CCN(C(=O)OC(C)(C)C)CC4)c3c2)cc(NS(=O)(=O)c2ccc(F)cc2F)c1=O. The van der Waals surface area contributed by atoms with Crippen LogP contribution in [0.1, 0.15) is 20.8 Å². The molecule has 1 saturated heterocycles. The van der Waals surface area contributed by atoms with Gasteiger partial charge in [0.15, 0.2) is 0 Å². The molecule has 1 aliphatic rings. The van der Waals surface area contributed by atoms with Crippen LogP contribution in [0, 0.1) is 11.6 Å². The standard InChI is InChI=1S/C29H30F2N6O5S/c1-29(2,3)42-28(39)37-11-9-36(10-12-37)26-21-13-18(5-7-23(21)32-17-33-26)19-14-24(27(38)35(4)16-19)34-43(40,41)25-8-6-20(30)15-22(25)31/h5-8,13-17,34H,9-12H2,1-4H3. The summed E-state index contributed by atoms with van der Waals surface area (Å²) in [6, 6.07) is 8.81. The van der Waals surface area contributed by atoms with Gasteiger partial charge in [0.2, 0.25) is 0 Å². The van der Waals surface area contributed by atoms with Gasteiger partial charge in [-0.3, -0.25) is 9.52 Å². The van der Waals surface area contributed by atoms with E-state index in [-0.39, 0.29) is 11.8 Å². The molecule has 1 N–H and O–H groups in total. The van der Waals surface area contributed by atoms with Crippen molar-refractivity contribution in [2.24, 2.45) is 7.05 Å². The number of fused-ring (bicyclic) bond motifs is 1. The molecule has 1 amide bonds. The Morgan fingerprint density at radius 1 is 0.977 bits per heavy atom. The van der Waals surface area contributed by atoms with Gasteiger partial charge in [-0.2, -0.15) is 0 Å². The van der Waals surface area contributed by atoms with E-state index < -0.39 is 37.7 Å². The number of aryl methyl sites for hydroxylation is 1. The summed E-state index contributed by atoms with van der Waals surface area (Å²) in [4.78, 5) is 37.1. The van der Waals surface area contributed by atoms with Crippen LogP contribution in [0.5, 0.6) is 0 Å². The van der Waals surface area contributed by atoms with Crippen LogP contribution in [0.4, 0.5) is 25.1 Å². The Hall–Kier alpha value is -4.59. The minimum atomic E-state index is -4.54. The maximum absolute atomic E-state index is 14.3. The Labute approximate surface area is 246 Å². The topological polar surface area (TPSA) is 127 Å². The number of nitrogens with one attached hydrogen (secondary N) is 1. The fourth-order valence-corrected chi connectivity index (χ4v) is 5.85. The van der Waals surface area contributed by atoms with Gasteiger partial charge in [-0.1, -0.05) is 6.07 Å². The zero-order chi connectivity index (χ0) is 31.1. The fraction of sp³-hybridized carbons (Fsp3) is 0.310. The summed E-state index contributed by atoms with van der Waals surface area (Å²) in [6.45, 7) is 7.37. The van der Waals surface area contributed by atoms with Gasteiger partial charge in [0, 0.05) is 56.4 Å². The number of pyridine rings is 1. The largest absolute Gasteiger partial charge is 0.444 e. The molecule has 3 heterocycles. The van der Waals surface area contributed by atoms with Crippen molar-refractivity contribution in [1.82, 2.24) is 19.4 Å². The lowest BCUT2D eigenvalue weighted by Gasteiger charge is -2.36. The molecule has 0 aliphatic carbocycles. The van der Waals surface area contributed by atoms with E-state index in [9.17, 15) is 26.8 Å². The first-order valence-corrected chi connectivity index (χ1v) is 14.9. The molecule has 11 nitrogen and oxygen atoms in total. The van der Waals surface area contributed by atoms with Gasteiger partial charge in [0.1, 0.15) is 40.0 Å². The Kier molecular flexibility index (Phi) is 7.82. The van der Waals surface area contributed by atoms with Crippen molar-refractivity contribution in [2.75, 3.05) is 35.8 Å². The van der Waals surface area contributed by atoms with Crippen LogP contribution in [0.3, 0.4) is 0 Å². The molecule has 0 saturated carbocycles. The number of aromatic nitrogens is 3. The first kappa shape index (κ1) is 29.9. The van der Waals surface area contributed by atoms with Gasteiger partial charge < -0.3 is 19.1 Å². The number of hydrogen-bond donors (Lipinski definition) is 1. The molecule has 43 heavy (non-hydrogen) atoms. The number of piperazine rings is 1. The Morgan fingerprint density at radius 3 is 2.37 bits per heavy atom. The zero-order valence-electron chi connectivity index (χ0n) is 24.0. The highest BCUT2D eigenvalue weighted by Crippen LogP contribution is 2.30. The molecule has 5 rings (SSSR count). The summed E-state index contributed by atoms with van der Waals surface area (Å²) in [7, 11) is -3.08. The minimum absolute atomic E-state index is 0.313. The second-order valence-electron chi connectivity index (χ2n) is 11.1. The highest BCUT2D eigenvalue weighted by Gasteiger charge is 2.27. The normalized spacial score (nSPS) is 14.2. The van der Waals surface area contributed by atoms with E-state index in [2.05, 4.69) is 14.7 Å². The van der Waals surface area contributed by atoms with Crippen LogP contribution in [0.25, 0.3) is 22.0 Å². The van der Waals surface area contributed by atoms with Crippen LogP contribution in [-0.2, 0) is 21.8 Å². The quantitative estimate of drug-likeness (QED) is 0.357. The van der Waals surface area contributed by atoms with E-state index in [0.717, 1.165) is 17.5 Å². The van der Waals surface area contributed by atoms with Crippen LogP contribution >= 0.6 is 0 Å². The molecule has 14 heteroatoms. The molecular weight excluding hydrogens is 582 g/mol. The van der Waals surface area contributed by atoms with Gasteiger partial charge in [-0.05, 0) is 56.7 Å². The second kappa shape index (κ2) is 11.2. The van der Waals surface area contributed by atoms with E-state index in [1.54, 1.807) is 23.2 Å². The van der Waals surface area contributed by atoms with Gasteiger partial charge in [0.05, 0.1) is 5.52 Å². The van der Waals surface area contributed by atoms with Gasteiger partial charge in [0.25, 0.3) is 15.6 Å². The zero-order valence-corrected chi connectivity index (χ0v) is 24.8. The Morgan fingerprint density at radius 2 is 1.70 bits per heavy atom. The van der Waals surface area contributed by atoms with E-state index in [0.29, 0.717) is 54.7 Å². The summed E-state index contributed by atoms with van der Waals surface area (Å²) >= 11 is 0. The summed E-state index contributed by atoms with van der Waals surface area (Å²) in [5.41, 5.74) is 0.228. The maximum atomic E-state index is 14.3. The molecule has 0 spiro atoms. The van der Waals surface area contributed by atoms with Crippen molar-refractivity contribution in [3.05, 3.63) is 77.0 Å². The maximum Gasteiger partial charge on any atom is 0.410 e. The number of hydrogen-bond acceptors (Lipinski definition) is 8. The highest BCUT2D eigenvalue weighted by molar-refractivity contribution is 7.92. The molecule has 0 unspecified atom stereocenters. The van der Waals surface area contributed by atoms with Crippen LogP contribution < -0.4 is 15.2 Å². The van der Waals surface area contributed by atoms with Crippen molar-refractivity contribution in [2.45, 2.75) is 31.3 Å². The lowest BCUT2D eigenvalue weighted by Crippen LogP contribution is -2.50. The summed E-state index contributed by atoms with van der Waals surface area (Å²) in [5, 5.41) is 0.718. The molecule has 0 radical (unpaired) electrons. The monoisotopic (exact) mass is 612 g/mol. The number of anilines is 2. The molecule has 226 valence electrons.